The van der Waals surface area contributed by atoms with E-state index in [0.29, 0.717) is 0 Å². The lowest BCUT2D eigenvalue weighted by Crippen LogP contribution is -2.30. The fraction of sp³-hybridized carbons (Fsp3) is 0.818. The molecule has 0 saturated carbocycles. The Labute approximate surface area is 114 Å². The molecule has 0 aliphatic carbocycles. The highest BCUT2D eigenvalue weighted by Crippen LogP contribution is 2.30. The molecule has 1 N–H and O–H groups in total. The smallest absolute Gasteiger partial charge is 0.140 e. The summed E-state index contributed by atoms with van der Waals surface area (Å²) in [7, 11) is 0. The van der Waals surface area contributed by atoms with Crippen molar-refractivity contribution in [3.63, 3.8) is 0 Å². The second-order valence-electron chi connectivity index (χ2n) is 5.04. The van der Waals surface area contributed by atoms with Gasteiger partial charge in [0, 0.05) is 24.9 Å². The highest BCUT2D eigenvalue weighted by molar-refractivity contribution is 5.85. The van der Waals surface area contributed by atoms with Gasteiger partial charge in [-0.3, -0.25) is 0 Å². The van der Waals surface area contributed by atoms with Crippen LogP contribution in [0.3, 0.4) is 0 Å². The van der Waals surface area contributed by atoms with Crippen molar-refractivity contribution in [1.82, 2.24) is 20.1 Å². The number of aromatic nitrogens is 3. The van der Waals surface area contributed by atoms with Crippen molar-refractivity contribution in [2.45, 2.75) is 44.6 Å². The third kappa shape index (κ3) is 2.44. The van der Waals surface area contributed by atoms with Crippen LogP contribution in [0.5, 0.6) is 0 Å². The molecule has 3 rings (SSSR count). The van der Waals surface area contributed by atoms with E-state index >= 15 is 0 Å². The van der Waals surface area contributed by atoms with Crippen molar-refractivity contribution in [3.05, 3.63) is 11.6 Å². The summed E-state index contributed by atoms with van der Waals surface area (Å²) in [5.74, 6) is 2.41. The van der Waals surface area contributed by atoms with Crippen molar-refractivity contribution in [2.75, 3.05) is 13.1 Å². The predicted octanol–water partition coefficient (Wildman–Crippen LogP) is 1.71. The van der Waals surface area contributed by atoms with Gasteiger partial charge in [0.05, 0.1) is 0 Å². The minimum Gasteiger partial charge on any atom is -0.316 e. The van der Waals surface area contributed by atoms with Gasteiger partial charge in [-0.15, -0.1) is 35.0 Å². The Morgan fingerprint density at radius 3 is 2.76 bits per heavy atom. The molecule has 98 valence electrons. The van der Waals surface area contributed by atoms with Crippen LogP contribution in [0, 0.1) is 0 Å². The van der Waals surface area contributed by atoms with Gasteiger partial charge in [-0.25, -0.2) is 0 Å². The minimum absolute atomic E-state index is 0. The zero-order valence-electron chi connectivity index (χ0n) is 10.1. The molecule has 1 unspecified atom stereocenters. The van der Waals surface area contributed by atoms with Crippen molar-refractivity contribution in [3.8, 4) is 0 Å². The Bertz CT molecular complexity index is 372. The minimum atomic E-state index is 0. The summed E-state index contributed by atoms with van der Waals surface area (Å²) in [5.41, 5.74) is 0.211. The van der Waals surface area contributed by atoms with Crippen LogP contribution >= 0.6 is 24.8 Å². The molecule has 6 heteroatoms. The van der Waals surface area contributed by atoms with Gasteiger partial charge in [-0.1, -0.05) is 6.92 Å². The third-order valence-corrected chi connectivity index (χ3v) is 3.77. The molecular formula is C11H20Cl2N4. The topological polar surface area (TPSA) is 42.7 Å². The number of halogens is 2. The molecule has 1 saturated heterocycles. The summed E-state index contributed by atoms with van der Waals surface area (Å²) < 4.78 is 2.36. The Kier molecular flexibility index (Phi) is 4.81. The van der Waals surface area contributed by atoms with Crippen LogP contribution in [0.25, 0.3) is 0 Å². The molecule has 3 heterocycles. The summed E-state index contributed by atoms with van der Waals surface area (Å²) in [5, 5.41) is 12.2. The zero-order valence-corrected chi connectivity index (χ0v) is 11.7. The first kappa shape index (κ1) is 14.7. The summed E-state index contributed by atoms with van der Waals surface area (Å²) in [6.07, 6.45) is 4.84. The van der Waals surface area contributed by atoms with E-state index in [1.807, 2.05) is 0 Å². The quantitative estimate of drug-likeness (QED) is 0.851. The second kappa shape index (κ2) is 5.55. The Morgan fingerprint density at radius 2 is 2.06 bits per heavy atom. The van der Waals surface area contributed by atoms with Gasteiger partial charge in [0.1, 0.15) is 11.6 Å². The molecule has 1 atom stereocenters. The molecule has 2 aliphatic rings. The molecular weight excluding hydrogens is 259 g/mol. The number of hydrogen-bond donors (Lipinski definition) is 1. The van der Waals surface area contributed by atoms with E-state index in [9.17, 15) is 0 Å². The normalized spacial score (nSPS) is 26.9. The van der Waals surface area contributed by atoms with Crippen LogP contribution in [0.15, 0.2) is 0 Å². The van der Waals surface area contributed by atoms with Crippen molar-refractivity contribution < 1.29 is 0 Å². The van der Waals surface area contributed by atoms with Crippen LogP contribution in [0.1, 0.15) is 37.8 Å². The fourth-order valence-electron chi connectivity index (χ4n) is 2.76. The molecule has 0 aromatic carbocycles. The summed E-state index contributed by atoms with van der Waals surface area (Å²) in [6, 6.07) is 0. The van der Waals surface area contributed by atoms with Gasteiger partial charge in [-0.2, -0.15) is 0 Å². The highest BCUT2D eigenvalue weighted by atomic mass is 35.5. The molecule has 0 bridgehead atoms. The lowest BCUT2D eigenvalue weighted by Gasteiger charge is -2.24. The van der Waals surface area contributed by atoms with E-state index in [4.69, 9.17) is 0 Å². The van der Waals surface area contributed by atoms with Crippen molar-refractivity contribution >= 4 is 24.8 Å². The second-order valence-corrected chi connectivity index (χ2v) is 5.04. The van der Waals surface area contributed by atoms with Crippen molar-refractivity contribution in [1.29, 1.82) is 0 Å². The zero-order chi connectivity index (χ0) is 10.3. The number of hydrogen-bond acceptors (Lipinski definition) is 3. The first-order chi connectivity index (χ1) is 7.30. The van der Waals surface area contributed by atoms with E-state index in [-0.39, 0.29) is 30.2 Å². The maximum Gasteiger partial charge on any atom is 0.140 e. The Hall–Kier alpha value is -0.320. The Morgan fingerprint density at radius 1 is 1.24 bits per heavy atom. The maximum absolute atomic E-state index is 4.42. The summed E-state index contributed by atoms with van der Waals surface area (Å²) in [6.45, 7) is 5.58. The van der Waals surface area contributed by atoms with E-state index in [0.717, 1.165) is 26.1 Å². The van der Waals surface area contributed by atoms with E-state index < -0.39 is 0 Å². The third-order valence-electron chi connectivity index (χ3n) is 3.77. The lowest BCUT2D eigenvalue weighted by atomic mass is 9.88. The molecule has 17 heavy (non-hydrogen) atoms. The maximum atomic E-state index is 4.42. The van der Waals surface area contributed by atoms with E-state index in [2.05, 4.69) is 27.0 Å². The van der Waals surface area contributed by atoms with Crippen LogP contribution in [0.4, 0.5) is 0 Å². The molecule has 0 spiro atoms. The highest BCUT2D eigenvalue weighted by Gasteiger charge is 2.36. The van der Waals surface area contributed by atoms with Crippen LogP contribution in [-0.2, 0) is 18.4 Å². The van der Waals surface area contributed by atoms with Gasteiger partial charge in [0.2, 0.25) is 0 Å². The molecule has 4 nitrogen and oxygen atoms in total. The summed E-state index contributed by atoms with van der Waals surface area (Å²) >= 11 is 0. The van der Waals surface area contributed by atoms with Crippen molar-refractivity contribution in [2.24, 2.45) is 0 Å². The van der Waals surface area contributed by atoms with Crippen LogP contribution in [0.2, 0.25) is 0 Å². The van der Waals surface area contributed by atoms with Gasteiger partial charge in [0.15, 0.2) is 0 Å². The number of aryl methyl sites for hydroxylation is 1. The number of fused-ring (bicyclic) bond motifs is 1. The standard InChI is InChI=1S/C11H18N4.2ClH/c1-11(5-6-12-8-11)10-14-13-9-4-2-3-7-15(9)10;;/h12H,2-8H2,1H3;2*1H. The molecule has 2 aliphatic heterocycles. The molecule has 0 amide bonds. The molecule has 1 fully saturated rings. The first-order valence-corrected chi connectivity index (χ1v) is 5.93. The Balaban J connectivity index is 0.000000722. The average molecular weight is 279 g/mol. The van der Waals surface area contributed by atoms with Gasteiger partial charge < -0.3 is 9.88 Å². The number of rotatable bonds is 1. The SMILES string of the molecule is CC1(c2nnc3n2CCCC3)CCNC1.Cl.Cl. The van der Waals surface area contributed by atoms with Gasteiger partial charge >= 0.3 is 0 Å². The first-order valence-electron chi connectivity index (χ1n) is 5.93. The van der Waals surface area contributed by atoms with Gasteiger partial charge in [0.25, 0.3) is 0 Å². The number of nitrogens with one attached hydrogen (secondary N) is 1. The largest absolute Gasteiger partial charge is 0.316 e. The lowest BCUT2D eigenvalue weighted by molar-refractivity contribution is 0.427. The van der Waals surface area contributed by atoms with E-state index in [1.54, 1.807) is 0 Å². The number of nitrogens with zero attached hydrogens (tertiary/aromatic N) is 3. The molecule has 1 aromatic rings. The van der Waals surface area contributed by atoms with E-state index in [1.165, 1.54) is 30.9 Å². The monoisotopic (exact) mass is 278 g/mol. The summed E-state index contributed by atoms with van der Waals surface area (Å²) in [4.78, 5) is 0. The van der Waals surface area contributed by atoms with Gasteiger partial charge in [-0.05, 0) is 25.8 Å². The predicted molar refractivity (Wildman–Crippen MR) is 72.3 cm³/mol. The fourth-order valence-corrected chi connectivity index (χ4v) is 2.76. The average Bonchev–Trinajstić information content (AvgIpc) is 2.84. The molecule has 0 radical (unpaired) electrons. The molecule has 1 aromatic heterocycles. The van der Waals surface area contributed by atoms with Crippen LogP contribution < -0.4 is 5.32 Å². The van der Waals surface area contributed by atoms with Crippen LogP contribution in [-0.4, -0.2) is 27.9 Å².